The summed E-state index contributed by atoms with van der Waals surface area (Å²) >= 11 is 5.35. The van der Waals surface area contributed by atoms with E-state index in [4.69, 9.17) is 11.6 Å². The first-order valence-electron chi connectivity index (χ1n) is 2.37. The van der Waals surface area contributed by atoms with Crippen molar-refractivity contribution in [2.24, 2.45) is 4.99 Å². The van der Waals surface area contributed by atoms with Gasteiger partial charge in [0.25, 0.3) is 0 Å². The lowest BCUT2D eigenvalue weighted by molar-refractivity contribution is 0.333. The number of hydrogen-bond acceptors (Lipinski definition) is 2. The monoisotopic (exact) mass is 136 g/mol. The third-order valence-corrected chi connectivity index (χ3v) is 1.15. The molecule has 1 N–H and O–H groups in total. The van der Waals surface area contributed by atoms with E-state index in [1.165, 1.54) is 0 Å². The Morgan fingerprint density at radius 2 is 2.62 bits per heavy atom. The van der Waals surface area contributed by atoms with Crippen LogP contribution >= 0.6 is 11.6 Å². The average Bonchev–Trinajstić information content (AvgIpc) is 1.77. The summed E-state index contributed by atoms with van der Waals surface area (Å²) in [6.45, 7) is 0.494. The van der Waals surface area contributed by atoms with Crippen LogP contribution in [0.1, 0.15) is 0 Å². The third kappa shape index (κ3) is 1.33. The van der Waals surface area contributed by atoms with E-state index in [1.807, 2.05) is 0 Å². The van der Waals surface area contributed by atoms with Gasteiger partial charge in [0.15, 0.2) is 5.29 Å². The Morgan fingerprint density at radius 3 is 3.00 bits per heavy atom. The minimum atomic E-state index is -0.863. The molecule has 0 saturated carbocycles. The molecule has 0 fully saturated rings. The van der Waals surface area contributed by atoms with Crippen LogP contribution in [0.4, 0.5) is 4.39 Å². The van der Waals surface area contributed by atoms with Gasteiger partial charge in [0.05, 0.1) is 13.1 Å². The minimum absolute atomic E-state index is 0.200. The zero-order valence-corrected chi connectivity index (χ0v) is 4.95. The summed E-state index contributed by atoms with van der Waals surface area (Å²) in [5.41, 5.74) is 0. The van der Waals surface area contributed by atoms with Crippen molar-refractivity contribution in [3.05, 3.63) is 0 Å². The highest BCUT2D eigenvalue weighted by molar-refractivity contribution is 6.64. The van der Waals surface area contributed by atoms with Gasteiger partial charge in [-0.2, -0.15) is 0 Å². The fourth-order valence-electron chi connectivity index (χ4n) is 0.495. The van der Waals surface area contributed by atoms with Gasteiger partial charge in [0.2, 0.25) is 0 Å². The Bertz CT molecular complexity index is 115. The predicted octanol–water partition coefficient (Wildman–Crippen LogP) is 0.522. The second kappa shape index (κ2) is 2.31. The number of amidine groups is 1. The molecule has 2 nitrogen and oxygen atoms in total. The van der Waals surface area contributed by atoms with Crippen molar-refractivity contribution in [3.63, 3.8) is 0 Å². The zero-order chi connectivity index (χ0) is 5.98. The lowest BCUT2D eigenvalue weighted by atomic mass is 10.4. The van der Waals surface area contributed by atoms with Gasteiger partial charge >= 0.3 is 0 Å². The van der Waals surface area contributed by atoms with Crippen LogP contribution in [0.3, 0.4) is 0 Å². The van der Waals surface area contributed by atoms with Crippen molar-refractivity contribution in [1.29, 1.82) is 0 Å². The molecule has 1 rings (SSSR count). The smallest absolute Gasteiger partial charge is 0.191 e. The first kappa shape index (κ1) is 5.82. The minimum Gasteiger partial charge on any atom is -0.358 e. The fourth-order valence-corrected chi connectivity index (χ4v) is 0.641. The number of nitrogens with zero attached hydrogens (tertiary/aromatic N) is 1. The summed E-state index contributed by atoms with van der Waals surface area (Å²) in [5, 5.41) is 2.89. The van der Waals surface area contributed by atoms with Crippen LogP contribution in [-0.4, -0.2) is 24.6 Å². The number of halogens is 2. The quantitative estimate of drug-likeness (QED) is 0.483. The van der Waals surface area contributed by atoms with Crippen LogP contribution in [0.25, 0.3) is 0 Å². The van der Waals surface area contributed by atoms with Crippen molar-refractivity contribution in [2.45, 2.75) is 6.17 Å². The summed E-state index contributed by atoms with van der Waals surface area (Å²) < 4.78 is 12.1. The first-order valence-corrected chi connectivity index (χ1v) is 2.75. The second-order valence-electron chi connectivity index (χ2n) is 1.61. The normalized spacial score (nSPS) is 28.8. The van der Waals surface area contributed by atoms with Gasteiger partial charge < -0.3 is 5.32 Å². The van der Waals surface area contributed by atoms with Crippen molar-refractivity contribution in [2.75, 3.05) is 13.1 Å². The molecule has 0 aromatic carbocycles. The lowest BCUT2D eigenvalue weighted by Crippen LogP contribution is -2.33. The van der Waals surface area contributed by atoms with Gasteiger partial charge in [-0.15, -0.1) is 0 Å². The molecule has 0 bridgehead atoms. The standard InChI is InChI=1S/C4H6ClFN2/c5-4-7-1-3(6)2-8-4/h3H,1-2H2,(H,7,8). The number of rotatable bonds is 0. The maximum Gasteiger partial charge on any atom is 0.191 e. The molecular formula is C4H6ClFN2. The number of alkyl halides is 1. The van der Waals surface area contributed by atoms with Gasteiger partial charge in [0.1, 0.15) is 6.17 Å². The summed E-state index contributed by atoms with van der Waals surface area (Å²) in [5.74, 6) is 0. The summed E-state index contributed by atoms with van der Waals surface area (Å²) in [7, 11) is 0. The summed E-state index contributed by atoms with van der Waals surface area (Å²) in [6, 6.07) is 0. The molecule has 4 heteroatoms. The Morgan fingerprint density at radius 1 is 1.88 bits per heavy atom. The molecule has 1 unspecified atom stereocenters. The SMILES string of the molecule is FC1CN=C(Cl)NC1. The van der Waals surface area contributed by atoms with E-state index in [-0.39, 0.29) is 6.54 Å². The topological polar surface area (TPSA) is 24.4 Å². The molecule has 8 heavy (non-hydrogen) atoms. The van der Waals surface area contributed by atoms with Gasteiger partial charge in [-0.1, -0.05) is 0 Å². The van der Waals surface area contributed by atoms with Crippen LogP contribution in [0, 0.1) is 0 Å². The number of nitrogens with one attached hydrogen (secondary N) is 1. The fraction of sp³-hybridized carbons (Fsp3) is 0.750. The molecule has 1 heterocycles. The van der Waals surface area contributed by atoms with Crippen LogP contribution in [0.2, 0.25) is 0 Å². The molecule has 0 radical (unpaired) electrons. The lowest BCUT2D eigenvalue weighted by Gasteiger charge is -2.12. The van der Waals surface area contributed by atoms with Crippen LogP contribution in [0.5, 0.6) is 0 Å². The molecule has 1 aliphatic rings. The molecular weight excluding hydrogens is 131 g/mol. The Balaban J connectivity index is 2.42. The highest BCUT2D eigenvalue weighted by Crippen LogP contribution is 1.97. The molecule has 0 aromatic rings. The van der Waals surface area contributed by atoms with Gasteiger partial charge in [-0.05, 0) is 11.6 Å². The van der Waals surface area contributed by atoms with Gasteiger partial charge in [-0.3, -0.25) is 4.99 Å². The van der Waals surface area contributed by atoms with E-state index in [9.17, 15) is 4.39 Å². The molecule has 0 amide bonds. The Hall–Kier alpha value is -0.310. The third-order valence-electron chi connectivity index (χ3n) is 0.898. The largest absolute Gasteiger partial charge is 0.358 e. The molecule has 0 aromatic heterocycles. The highest BCUT2D eigenvalue weighted by Gasteiger charge is 2.10. The molecule has 46 valence electrons. The molecule has 1 aliphatic heterocycles. The van der Waals surface area contributed by atoms with Crippen molar-refractivity contribution in [3.8, 4) is 0 Å². The molecule has 0 saturated heterocycles. The summed E-state index contributed by atoms with van der Waals surface area (Å²) in [4.78, 5) is 3.61. The van der Waals surface area contributed by atoms with E-state index in [0.29, 0.717) is 11.8 Å². The van der Waals surface area contributed by atoms with Crippen molar-refractivity contribution in [1.82, 2.24) is 5.32 Å². The van der Waals surface area contributed by atoms with E-state index in [2.05, 4.69) is 10.3 Å². The van der Waals surface area contributed by atoms with Crippen LogP contribution in [0.15, 0.2) is 4.99 Å². The highest BCUT2D eigenvalue weighted by atomic mass is 35.5. The van der Waals surface area contributed by atoms with Crippen molar-refractivity contribution >= 4 is 16.9 Å². The maximum absolute atomic E-state index is 12.1. The van der Waals surface area contributed by atoms with E-state index in [1.54, 1.807) is 0 Å². The Kier molecular flexibility index (Phi) is 1.68. The molecule has 1 atom stereocenters. The van der Waals surface area contributed by atoms with E-state index >= 15 is 0 Å². The first-order chi connectivity index (χ1) is 3.79. The van der Waals surface area contributed by atoms with Gasteiger partial charge in [-0.25, -0.2) is 4.39 Å². The van der Waals surface area contributed by atoms with Crippen molar-refractivity contribution < 1.29 is 4.39 Å². The van der Waals surface area contributed by atoms with Gasteiger partial charge in [0, 0.05) is 0 Å². The van der Waals surface area contributed by atoms with E-state index in [0.717, 1.165) is 0 Å². The summed E-state index contributed by atoms with van der Waals surface area (Å²) in [6.07, 6.45) is -0.863. The maximum atomic E-state index is 12.1. The zero-order valence-electron chi connectivity index (χ0n) is 4.19. The Labute approximate surface area is 51.7 Å². The average molecular weight is 137 g/mol. The predicted molar refractivity (Wildman–Crippen MR) is 31.1 cm³/mol. The van der Waals surface area contributed by atoms with Crippen LogP contribution < -0.4 is 5.32 Å². The van der Waals surface area contributed by atoms with E-state index < -0.39 is 6.17 Å². The number of aliphatic imine (C=N–C) groups is 1. The second-order valence-corrected chi connectivity index (χ2v) is 1.97. The van der Waals surface area contributed by atoms with Crippen LogP contribution in [-0.2, 0) is 0 Å². The molecule has 0 aliphatic carbocycles. The molecule has 0 spiro atoms. The number of hydrogen-bond donors (Lipinski definition) is 1.